The van der Waals surface area contributed by atoms with Gasteiger partial charge in [0.15, 0.2) is 11.9 Å². The maximum absolute atomic E-state index is 15.3. The van der Waals surface area contributed by atoms with Crippen LogP contribution in [0.25, 0.3) is 10.4 Å². The Bertz CT molecular complexity index is 2580. The average molecular weight is 1160 g/mol. The molecule has 1 aromatic carbocycles. The van der Waals surface area contributed by atoms with Gasteiger partial charge in [0.05, 0.1) is 41.3 Å². The summed E-state index contributed by atoms with van der Waals surface area (Å²) in [5.74, 6) is -2.13. The number of hydrogen-bond donors (Lipinski definition) is 6. The second-order valence-electron chi connectivity index (χ2n) is 23.7. The summed E-state index contributed by atoms with van der Waals surface area (Å²) in [4.78, 5) is 106. The second kappa shape index (κ2) is 28.0. The molecule has 3 aliphatic rings. The number of esters is 1. The quantitative estimate of drug-likeness (QED) is 0.0238. The predicted molar refractivity (Wildman–Crippen MR) is 298 cm³/mol. The van der Waals surface area contributed by atoms with Gasteiger partial charge in [-0.2, -0.15) is 5.09 Å². The molecule has 3 heterocycles. The first-order chi connectivity index (χ1) is 37.3. The highest BCUT2D eigenvalue weighted by Crippen LogP contribution is 2.48. The van der Waals surface area contributed by atoms with Crippen LogP contribution in [0.15, 0.2) is 29.8 Å². The largest absolute Gasteiger partial charge is 0.458 e. The van der Waals surface area contributed by atoms with E-state index in [4.69, 9.17) is 24.9 Å². The van der Waals surface area contributed by atoms with Crippen molar-refractivity contribution in [3.63, 3.8) is 0 Å². The molecule has 5 rings (SSSR count). The zero-order valence-corrected chi connectivity index (χ0v) is 49.8. The molecule has 2 aliphatic heterocycles. The molecule has 3 fully saturated rings. The van der Waals surface area contributed by atoms with Crippen molar-refractivity contribution in [3.05, 3.63) is 41.0 Å². The van der Waals surface area contributed by atoms with E-state index >= 15 is 14.0 Å². The predicted octanol–water partition coefficient (Wildman–Crippen LogP) is 5.43. The van der Waals surface area contributed by atoms with Crippen LogP contribution >= 0.6 is 19.1 Å². The first kappa shape index (κ1) is 65.3. The Morgan fingerprint density at radius 3 is 2.15 bits per heavy atom. The van der Waals surface area contributed by atoms with Gasteiger partial charge >= 0.3 is 19.8 Å². The number of piperazine rings is 1. The Kier molecular flexibility index (Phi) is 22.8. The number of thiazole rings is 1. The Hall–Kier alpha value is -5.54. The number of unbranched alkanes of at least 4 members (excludes halogenated alkanes) is 2. The number of benzene rings is 1. The first-order valence-corrected chi connectivity index (χ1v) is 29.7. The summed E-state index contributed by atoms with van der Waals surface area (Å²) < 4.78 is 52.8. The third kappa shape index (κ3) is 19.9. The Morgan fingerprint density at radius 2 is 1.57 bits per heavy atom. The van der Waals surface area contributed by atoms with Crippen LogP contribution in [-0.4, -0.2) is 166 Å². The van der Waals surface area contributed by atoms with Crippen LogP contribution in [0.3, 0.4) is 0 Å². The molecule has 2 aromatic rings. The van der Waals surface area contributed by atoms with Crippen LogP contribution in [0.2, 0.25) is 0 Å². The first-order valence-electron chi connectivity index (χ1n) is 27.2. The van der Waals surface area contributed by atoms with Crippen LogP contribution in [0.4, 0.5) is 9.18 Å². The monoisotopic (exact) mass is 1160 g/mol. The third-order valence-electron chi connectivity index (χ3n) is 13.3. The SMILES string of the molecule is C#CCCN1CCN(C(=O)C[C@H](NC(=O)[C@@H]2C[C@@H](OP(=O)(N[C@@H](O)C(=O)N[C@@H](C)C(=O)OC(C)(C)C)OCCCCCNC(=O)OC(C)(C)C)CN2C(=O)[C@@H](NC(=O)C2(F)CC2)C(C)(C)C)c2ccc(-c3scnc3C)cc2)CC1. The van der Waals surface area contributed by atoms with Crippen molar-refractivity contribution in [1.29, 1.82) is 0 Å². The van der Waals surface area contributed by atoms with Crippen LogP contribution in [0, 0.1) is 24.7 Å². The van der Waals surface area contributed by atoms with Gasteiger partial charge in [-0.1, -0.05) is 45.0 Å². The standard InChI is InChI=1S/C55H83FN9O13PS/c1-13-14-25-63-26-28-64(29-27-63)42(66)32-40(37-18-20-38(21-19-37)43-35(2)58-34-80-43)60-45(67)41-31-39(33-65(41)48(70)44(52(4,5)6)61-50(72)55(56)22-23-55)78-79(74,75-30-17-15-16-24-57-51(73)77-54(10,11)12)62-47(69)46(68)59-36(3)49(71)76-53(7,8)9/h1,18-21,34,36,39-41,44,47,69H,14-17,22-33H2,2-12H3,(H,57,73)(H,59,68)(H,60,67)(H,61,72)(H,62,74)/t36-,39+,40-,41-,44+,47-,79?/m0/s1. The molecule has 25 heteroatoms. The van der Waals surface area contributed by atoms with Crippen LogP contribution in [-0.2, 0) is 51.9 Å². The van der Waals surface area contributed by atoms with Crippen molar-refractivity contribution in [2.24, 2.45) is 5.41 Å². The number of hydrogen-bond acceptors (Lipinski definition) is 16. The Balaban J connectivity index is 1.45. The molecule has 0 radical (unpaired) electrons. The number of nitrogens with one attached hydrogen (secondary N) is 5. The van der Waals surface area contributed by atoms with Gasteiger partial charge in [-0.25, -0.2) is 23.5 Å². The molecule has 2 saturated heterocycles. The van der Waals surface area contributed by atoms with E-state index in [1.165, 1.54) is 18.3 Å². The number of alkyl carbamates (subject to hydrolysis) is 1. The Morgan fingerprint density at radius 1 is 0.925 bits per heavy atom. The van der Waals surface area contributed by atoms with Gasteiger partial charge in [0, 0.05) is 58.7 Å². The highest BCUT2D eigenvalue weighted by atomic mass is 32.1. The number of aliphatic hydroxyl groups excluding tert-OH is 1. The van der Waals surface area contributed by atoms with Crippen molar-refractivity contribution in [2.75, 3.05) is 52.4 Å². The molecule has 1 unspecified atom stereocenters. The van der Waals surface area contributed by atoms with Crippen molar-refractivity contribution in [3.8, 4) is 22.8 Å². The summed E-state index contributed by atoms with van der Waals surface area (Å²) in [5.41, 5.74) is -0.815. The molecular formula is C55H83FN9O13PS. The molecule has 7 atom stereocenters. The fraction of sp³-hybridized carbons (Fsp3) is 0.673. The third-order valence-corrected chi connectivity index (χ3v) is 16.0. The molecule has 22 nitrogen and oxygen atoms in total. The normalized spacial score (nSPS) is 19.8. The molecule has 80 heavy (non-hydrogen) atoms. The van der Waals surface area contributed by atoms with E-state index in [-0.39, 0.29) is 51.2 Å². The summed E-state index contributed by atoms with van der Waals surface area (Å²) >= 11 is 1.46. The number of aromatic nitrogens is 1. The van der Waals surface area contributed by atoms with E-state index in [9.17, 15) is 33.6 Å². The van der Waals surface area contributed by atoms with Crippen LogP contribution < -0.4 is 26.4 Å². The minimum atomic E-state index is -4.85. The zero-order chi connectivity index (χ0) is 59.4. The number of carbonyl (C=O) groups is 7. The van der Waals surface area contributed by atoms with Gasteiger partial charge in [0.25, 0.3) is 11.8 Å². The molecular weight excluding hydrogens is 1080 g/mol. The number of alkyl halides is 1. The molecule has 1 saturated carbocycles. The molecule has 0 spiro atoms. The number of likely N-dealkylation sites (tertiary alicyclic amines) is 1. The van der Waals surface area contributed by atoms with E-state index in [0.717, 1.165) is 21.0 Å². The summed E-state index contributed by atoms with van der Waals surface area (Å²) in [6, 6.07) is 2.30. The summed E-state index contributed by atoms with van der Waals surface area (Å²) in [6.45, 7) is 20.6. The van der Waals surface area contributed by atoms with Crippen LogP contribution in [0.1, 0.15) is 138 Å². The summed E-state index contributed by atoms with van der Waals surface area (Å²) in [5, 5.41) is 24.0. The fourth-order valence-electron chi connectivity index (χ4n) is 8.83. The highest BCUT2D eigenvalue weighted by molar-refractivity contribution is 7.51. The number of ether oxygens (including phenoxy) is 2. The van der Waals surface area contributed by atoms with Gasteiger partial charge in [-0.05, 0) is 104 Å². The van der Waals surface area contributed by atoms with E-state index in [1.807, 2.05) is 19.1 Å². The summed E-state index contributed by atoms with van der Waals surface area (Å²) in [6.07, 6.45) is 2.34. The van der Waals surface area contributed by atoms with E-state index in [0.29, 0.717) is 57.5 Å². The highest BCUT2D eigenvalue weighted by Gasteiger charge is 2.54. The molecule has 444 valence electrons. The lowest BCUT2D eigenvalue weighted by Gasteiger charge is -2.36. The number of halogens is 1. The minimum Gasteiger partial charge on any atom is -0.458 e. The number of terminal acetylenes is 1. The lowest BCUT2D eigenvalue weighted by Crippen LogP contribution is -2.59. The van der Waals surface area contributed by atoms with Crippen LogP contribution in [0.5, 0.6) is 0 Å². The molecule has 6 N–H and O–H groups in total. The fourth-order valence-corrected chi connectivity index (χ4v) is 11.2. The van der Waals surface area contributed by atoms with Crippen molar-refractivity contribution >= 4 is 60.7 Å². The van der Waals surface area contributed by atoms with Gasteiger partial charge in [-0.3, -0.25) is 37.9 Å². The van der Waals surface area contributed by atoms with Gasteiger partial charge in [0.2, 0.25) is 17.7 Å². The van der Waals surface area contributed by atoms with Gasteiger partial charge < -0.3 is 45.6 Å². The second-order valence-corrected chi connectivity index (χ2v) is 26.2. The minimum absolute atomic E-state index is 0.0318. The van der Waals surface area contributed by atoms with Crippen molar-refractivity contribution in [1.82, 2.24) is 46.0 Å². The van der Waals surface area contributed by atoms with Gasteiger partial charge in [-0.15, -0.1) is 23.7 Å². The smallest absolute Gasteiger partial charge is 0.408 e. The maximum atomic E-state index is 15.3. The Labute approximate surface area is 473 Å². The van der Waals surface area contributed by atoms with E-state index in [1.54, 1.807) is 84.9 Å². The lowest BCUT2D eigenvalue weighted by atomic mass is 9.85. The van der Waals surface area contributed by atoms with E-state index in [2.05, 4.69) is 42.2 Å². The topological polar surface area (TPSA) is 276 Å². The number of aryl methyl sites for hydroxylation is 1. The summed E-state index contributed by atoms with van der Waals surface area (Å²) in [7, 11) is -4.85. The van der Waals surface area contributed by atoms with Crippen molar-refractivity contribution < 1.29 is 66.1 Å². The number of carbonyl (C=O) groups excluding carboxylic acids is 7. The molecule has 1 aromatic heterocycles. The zero-order valence-electron chi connectivity index (χ0n) is 48.1. The number of aliphatic hydroxyl groups is 1. The van der Waals surface area contributed by atoms with E-state index < -0.39 is 109 Å². The van der Waals surface area contributed by atoms with Crippen molar-refractivity contribution in [2.45, 2.75) is 181 Å². The number of amides is 6. The van der Waals surface area contributed by atoms with Gasteiger partial charge in [0.1, 0.15) is 29.3 Å². The lowest BCUT2D eigenvalue weighted by molar-refractivity contribution is -0.158. The number of rotatable bonds is 25. The maximum Gasteiger partial charge on any atom is 0.408 e. The molecule has 1 aliphatic carbocycles. The molecule has 0 bridgehead atoms. The average Bonchev–Trinajstić information content (AvgIpc) is 3.92. The molecule has 6 amide bonds. The number of nitrogens with zero attached hydrogens (tertiary/aromatic N) is 4.